The fourth-order valence-electron chi connectivity index (χ4n) is 2.82. The lowest BCUT2D eigenvalue weighted by Crippen LogP contribution is -2.29. The average molecular weight is 546 g/mol. The van der Waals surface area contributed by atoms with Crippen molar-refractivity contribution >= 4 is 41.8 Å². The first-order valence-electron chi connectivity index (χ1n) is 8.81. The van der Waals surface area contributed by atoms with Crippen LogP contribution in [0.25, 0.3) is 21.6 Å². The molecule has 0 aromatic carbocycles. The standard InChI is InChI=1S/C11H17N8O12P3/c12-11-16-9-8(10(20)17-11)14-3-19(9)7-1-5(26-4-15-18-13)6(28-7)2-27-34(24,25)30-29-32-31-33(21,22)23/h3,5-7,32H,1-2,4H2,(H,24,25)(H2,21,22,23)(H3,12,16,17,20)/t5-,6-,7-/m1/s1. The molecule has 188 valence electrons. The molecular formula is C11H17N8O12P3. The van der Waals surface area contributed by atoms with Crippen LogP contribution in [-0.2, 0) is 36.8 Å². The van der Waals surface area contributed by atoms with Crippen molar-refractivity contribution in [2.45, 2.75) is 24.9 Å². The van der Waals surface area contributed by atoms with Crippen molar-refractivity contribution in [1.82, 2.24) is 19.5 Å². The highest BCUT2D eigenvalue weighted by atomic mass is 31.2. The van der Waals surface area contributed by atoms with Gasteiger partial charge in [0, 0.05) is 11.3 Å². The number of hydrogen-bond donors (Lipinski definition) is 5. The smallest absolute Gasteiger partial charge is 0.369 e. The Kier molecular flexibility index (Phi) is 8.72. The van der Waals surface area contributed by atoms with Crippen molar-refractivity contribution < 1.29 is 51.5 Å². The lowest BCUT2D eigenvalue weighted by atomic mass is 10.2. The van der Waals surface area contributed by atoms with Gasteiger partial charge in [-0.05, 0) is 5.53 Å². The second kappa shape index (κ2) is 11.2. The third-order valence-electron chi connectivity index (χ3n) is 4.07. The van der Waals surface area contributed by atoms with E-state index < -0.39 is 55.3 Å². The van der Waals surface area contributed by atoms with Crippen LogP contribution < -0.4 is 11.3 Å². The van der Waals surface area contributed by atoms with Gasteiger partial charge < -0.3 is 29.9 Å². The fraction of sp³-hybridized carbons (Fsp3) is 0.545. The Bertz CT molecular complexity index is 1210. The van der Waals surface area contributed by atoms with E-state index in [9.17, 15) is 18.8 Å². The number of anilines is 1. The van der Waals surface area contributed by atoms with E-state index in [2.05, 4.69) is 38.6 Å². The van der Waals surface area contributed by atoms with E-state index in [-0.39, 0.29) is 30.3 Å². The number of nitrogens with zero attached hydrogens (tertiary/aromatic N) is 6. The van der Waals surface area contributed by atoms with E-state index in [1.807, 2.05) is 0 Å². The molecule has 1 aliphatic rings. The van der Waals surface area contributed by atoms with Crippen molar-refractivity contribution in [3.8, 4) is 0 Å². The number of azide groups is 1. The molecule has 2 unspecified atom stereocenters. The summed E-state index contributed by atoms with van der Waals surface area (Å²) in [5, 5.41) is 3.25. The summed E-state index contributed by atoms with van der Waals surface area (Å²) in [5.41, 5.74) is 13.6. The molecule has 0 radical (unpaired) electrons. The first-order chi connectivity index (χ1) is 16.0. The first-order valence-corrected chi connectivity index (χ1v) is 12.7. The van der Waals surface area contributed by atoms with Gasteiger partial charge in [0.15, 0.2) is 11.2 Å². The van der Waals surface area contributed by atoms with Gasteiger partial charge in [-0.25, -0.2) is 18.4 Å². The predicted octanol–water partition coefficient (Wildman–Crippen LogP) is 0.325. The molecule has 0 aliphatic carbocycles. The number of aromatic amines is 1. The highest BCUT2D eigenvalue weighted by Gasteiger charge is 2.40. The zero-order valence-corrected chi connectivity index (χ0v) is 19.4. The van der Waals surface area contributed by atoms with Crippen LogP contribution in [0.4, 0.5) is 5.95 Å². The zero-order chi connectivity index (χ0) is 24.9. The van der Waals surface area contributed by atoms with E-state index in [0.717, 1.165) is 0 Å². The molecule has 2 aromatic rings. The Hall–Kier alpha value is -2.01. The van der Waals surface area contributed by atoms with Crippen LogP contribution in [0.5, 0.6) is 0 Å². The Morgan fingerprint density at radius 2 is 2.21 bits per heavy atom. The predicted molar refractivity (Wildman–Crippen MR) is 109 cm³/mol. The van der Waals surface area contributed by atoms with Crippen molar-refractivity contribution in [2.75, 3.05) is 19.1 Å². The second-order valence-electron chi connectivity index (χ2n) is 6.29. The third kappa shape index (κ3) is 7.24. The molecule has 5 atom stereocenters. The lowest BCUT2D eigenvalue weighted by Gasteiger charge is -2.19. The van der Waals surface area contributed by atoms with Crippen LogP contribution in [0.15, 0.2) is 16.2 Å². The molecule has 2 aromatic heterocycles. The van der Waals surface area contributed by atoms with Crippen LogP contribution in [-0.4, -0.2) is 59.7 Å². The van der Waals surface area contributed by atoms with Gasteiger partial charge in [-0.2, -0.15) is 9.66 Å². The maximum atomic E-state index is 12.0. The average Bonchev–Trinajstić information content (AvgIpc) is 3.33. The van der Waals surface area contributed by atoms with Gasteiger partial charge in [0.1, 0.15) is 19.1 Å². The minimum absolute atomic E-state index is 0.00665. The minimum Gasteiger partial charge on any atom is -0.369 e. The highest BCUT2D eigenvalue weighted by Crippen LogP contribution is 2.50. The van der Waals surface area contributed by atoms with Crippen LogP contribution in [0, 0.1) is 0 Å². The summed E-state index contributed by atoms with van der Waals surface area (Å²) < 4.78 is 52.0. The summed E-state index contributed by atoms with van der Waals surface area (Å²) in [6.45, 7) is -0.986. The topological polar surface area (TPSA) is 289 Å². The molecule has 20 nitrogen and oxygen atoms in total. The molecule has 0 bridgehead atoms. The van der Waals surface area contributed by atoms with Crippen LogP contribution in [0.3, 0.4) is 0 Å². The SMILES string of the molecule is [N-]=[N+]=NCO[C@@H]1C[C@H](n2cnc3c(=O)[nH]c(N)nc32)O[C@@H]1COP(=O)(O)OOPOP(=O)(O)O. The number of phosphoric acid groups is 2. The van der Waals surface area contributed by atoms with Gasteiger partial charge in [-0.1, -0.05) is 5.11 Å². The fourth-order valence-corrected chi connectivity index (χ4v) is 4.21. The maximum Gasteiger partial charge on any atom is 0.499 e. The number of imidazole rings is 1. The number of rotatable bonds is 12. The number of nitrogens with two attached hydrogens (primary N) is 1. The van der Waals surface area contributed by atoms with Gasteiger partial charge >= 0.3 is 15.6 Å². The summed E-state index contributed by atoms with van der Waals surface area (Å²) in [6, 6.07) is 0. The quantitative estimate of drug-likeness (QED) is 0.0456. The summed E-state index contributed by atoms with van der Waals surface area (Å²) in [6.07, 6.45) is -1.31. The summed E-state index contributed by atoms with van der Waals surface area (Å²) in [4.78, 5) is 51.5. The molecule has 1 aliphatic heterocycles. The molecule has 0 spiro atoms. The molecule has 3 heterocycles. The number of phosphoric ester groups is 1. The summed E-state index contributed by atoms with van der Waals surface area (Å²) >= 11 is 0. The van der Waals surface area contributed by atoms with Crippen molar-refractivity contribution in [3.05, 3.63) is 27.1 Å². The van der Waals surface area contributed by atoms with Crippen molar-refractivity contribution in [2.24, 2.45) is 5.11 Å². The number of hydrogen-bond acceptors (Lipinski definition) is 13. The largest absolute Gasteiger partial charge is 0.499 e. The zero-order valence-electron chi connectivity index (χ0n) is 16.6. The number of H-pyrrole nitrogens is 1. The highest BCUT2D eigenvalue weighted by molar-refractivity contribution is 7.53. The third-order valence-corrected chi connectivity index (χ3v) is 6.35. The molecule has 3 rings (SSSR count). The van der Waals surface area contributed by atoms with E-state index in [4.69, 9.17) is 35.0 Å². The number of fused-ring (bicyclic) bond motifs is 1. The summed E-state index contributed by atoms with van der Waals surface area (Å²) in [5.74, 6) is -0.157. The lowest BCUT2D eigenvalue weighted by molar-refractivity contribution is -0.128. The Balaban J connectivity index is 1.68. The molecule has 0 saturated carbocycles. The van der Waals surface area contributed by atoms with E-state index in [0.29, 0.717) is 0 Å². The molecule has 0 amide bonds. The Morgan fingerprint density at radius 3 is 2.91 bits per heavy atom. The van der Waals surface area contributed by atoms with Crippen LogP contribution >= 0.6 is 24.7 Å². The monoisotopic (exact) mass is 546 g/mol. The maximum absolute atomic E-state index is 12.0. The Morgan fingerprint density at radius 1 is 1.44 bits per heavy atom. The minimum atomic E-state index is -4.88. The van der Waals surface area contributed by atoms with Gasteiger partial charge in [0.25, 0.3) is 5.56 Å². The molecule has 6 N–H and O–H groups in total. The van der Waals surface area contributed by atoms with Gasteiger partial charge in [0.2, 0.25) is 15.0 Å². The Labute approximate surface area is 189 Å². The molecule has 23 heteroatoms. The van der Waals surface area contributed by atoms with Crippen LogP contribution in [0.2, 0.25) is 0 Å². The first kappa shape index (κ1) is 26.6. The van der Waals surface area contributed by atoms with E-state index >= 15 is 0 Å². The van der Waals surface area contributed by atoms with Crippen molar-refractivity contribution in [1.29, 1.82) is 0 Å². The number of nitrogens with one attached hydrogen (secondary N) is 1. The molecular weight excluding hydrogens is 529 g/mol. The molecule has 1 saturated heterocycles. The number of ether oxygens (including phenoxy) is 2. The van der Waals surface area contributed by atoms with E-state index in [1.165, 1.54) is 10.9 Å². The van der Waals surface area contributed by atoms with Crippen molar-refractivity contribution in [3.63, 3.8) is 0 Å². The summed E-state index contributed by atoms with van der Waals surface area (Å²) in [7, 11) is -11.2. The van der Waals surface area contributed by atoms with E-state index in [1.54, 1.807) is 0 Å². The molecule has 1 fully saturated rings. The van der Waals surface area contributed by atoms with Gasteiger partial charge in [-0.3, -0.25) is 18.9 Å². The normalized spacial score (nSPS) is 22.9. The molecule has 34 heavy (non-hydrogen) atoms. The van der Waals surface area contributed by atoms with Gasteiger partial charge in [0.05, 0.1) is 19.0 Å². The number of nitrogen functional groups attached to an aromatic ring is 1. The van der Waals surface area contributed by atoms with Crippen LogP contribution in [0.1, 0.15) is 12.6 Å². The van der Waals surface area contributed by atoms with Gasteiger partial charge in [-0.15, -0.1) is 4.67 Å². The second-order valence-corrected chi connectivity index (χ2v) is 9.68. The number of aromatic nitrogens is 4.